The first-order valence-corrected chi connectivity index (χ1v) is 11.6. The topological polar surface area (TPSA) is 97.4 Å². The lowest BCUT2D eigenvalue weighted by molar-refractivity contribution is -0.116. The van der Waals surface area contributed by atoms with Gasteiger partial charge in [-0.2, -0.15) is 0 Å². The van der Waals surface area contributed by atoms with Crippen molar-refractivity contribution in [2.45, 2.75) is 11.5 Å². The van der Waals surface area contributed by atoms with Crippen molar-refractivity contribution in [3.8, 4) is 5.75 Å². The number of nitrogens with zero attached hydrogens (tertiary/aromatic N) is 1. The van der Waals surface area contributed by atoms with Crippen molar-refractivity contribution in [1.29, 1.82) is 0 Å². The fraction of sp³-hybridized carbons (Fsp3) is 0.130. The molecule has 7 nitrogen and oxygen atoms in total. The minimum atomic E-state index is -3.68. The van der Waals surface area contributed by atoms with E-state index in [1.807, 2.05) is 36.4 Å². The van der Waals surface area contributed by atoms with Gasteiger partial charge in [0.15, 0.2) is 0 Å². The molecule has 1 heterocycles. The highest BCUT2D eigenvalue weighted by Gasteiger charge is 2.13. The number of benzene rings is 2. The van der Waals surface area contributed by atoms with Gasteiger partial charge in [0.25, 0.3) is 0 Å². The predicted octanol–water partition coefficient (Wildman–Crippen LogP) is 3.42. The van der Waals surface area contributed by atoms with Gasteiger partial charge in [0.2, 0.25) is 15.9 Å². The zero-order chi connectivity index (χ0) is 22.8. The Balaban J connectivity index is 1.40. The maximum Gasteiger partial charge on any atom is 0.244 e. The van der Waals surface area contributed by atoms with Crippen molar-refractivity contribution in [2.24, 2.45) is 0 Å². The molecule has 0 fully saturated rings. The fourth-order valence-electron chi connectivity index (χ4n) is 2.64. The summed E-state index contributed by atoms with van der Waals surface area (Å²) in [5.74, 6) is 0.381. The monoisotopic (exact) mass is 471 g/mol. The van der Waals surface area contributed by atoms with E-state index in [1.165, 1.54) is 18.2 Å². The molecule has 1 amide bonds. The Morgan fingerprint density at radius 1 is 1.06 bits per heavy atom. The Morgan fingerprint density at radius 3 is 2.59 bits per heavy atom. The summed E-state index contributed by atoms with van der Waals surface area (Å²) in [6.45, 7) is 0.619. The van der Waals surface area contributed by atoms with Crippen molar-refractivity contribution in [3.05, 3.63) is 95.3 Å². The molecule has 32 heavy (non-hydrogen) atoms. The first-order valence-electron chi connectivity index (χ1n) is 9.75. The van der Waals surface area contributed by atoms with Crippen LogP contribution in [0, 0.1) is 0 Å². The standard InChI is InChI=1S/C23H22ClN3O4S/c24-20-4-1-5-22(15-20)32(29,30)27-14-13-26-23(28)11-8-18-6-9-21(10-7-18)31-17-19-3-2-12-25-16-19/h1-12,15-16,27H,13-14,17H2,(H,26,28)/b11-8+. The molecule has 1 aromatic heterocycles. The molecule has 0 saturated heterocycles. The first-order chi connectivity index (χ1) is 15.4. The van der Waals surface area contributed by atoms with Crippen LogP contribution in [0.3, 0.4) is 0 Å². The molecule has 0 atom stereocenters. The van der Waals surface area contributed by atoms with Crippen LogP contribution in [0.1, 0.15) is 11.1 Å². The summed E-state index contributed by atoms with van der Waals surface area (Å²) in [6, 6.07) is 17.1. The molecule has 3 aromatic rings. The number of carbonyl (C=O) groups is 1. The number of halogens is 1. The van der Waals surface area contributed by atoms with E-state index in [-0.39, 0.29) is 23.9 Å². The molecular formula is C23H22ClN3O4S. The second kappa shape index (κ2) is 11.4. The van der Waals surface area contributed by atoms with Crippen LogP contribution in [0.5, 0.6) is 5.75 Å². The molecule has 0 aliphatic heterocycles. The van der Waals surface area contributed by atoms with Crippen molar-refractivity contribution in [1.82, 2.24) is 15.0 Å². The van der Waals surface area contributed by atoms with E-state index in [4.69, 9.17) is 16.3 Å². The Labute approximate surface area is 192 Å². The van der Waals surface area contributed by atoms with E-state index < -0.39 is 10.0 Å². The quantitative estimate of drug-likeness (QED) is 0.349. The molecule has 0 bridgehead atoms. The molecule has 0 saturated carbocycles. The Kier molecular flexibility index (Phi) is 8.38. The van der Waals surface area contributed by atoms with Crippen molar-refractivity contribution in [3.63, 3.8) is 0 Å². The molecular weight excluding hydrogens is 450 g/mol. The number of rotatable bonds is 10. The molecule has 0 aliphatic rings. The third kappa shape index (κ3) is 7.49. The maximum absolute atomic E-state index is 12.2. The van der Waals surface area contributed by atoms with E-state index in [0.717, 1.165) is 11.1 Å². The third-order valence-electron chi connectivity index (χ3n) is 4.26. The first kappa shape index (κ1) is 23.5. The number of ether oxygens (including phenoxy) is 1. The van der Waals surface area contributed by atoms with Gasteiger partial charge < -0.3 is 10.1 Å². The van der Waals surface area contributed by atoms with E-state index in [2.05, 4.69) is 15.0 Å². The summed E-state index contributed by atoms with van der Waals surface area (Å²) in [6.07, 6.45) is 6.51. The van der Waals surface area contributed by atoms with Crippen LogP contribution in [0.2, 0.25) is 5.02 Å². The van der Waals surface area contributed by atoms with E-state index in [1.54, 1.807) is 30.6 Å². The second-order valence-electron chi connectivity index (χ2n) is 6.70. The number of aromatic nitrogens is 1. The van der Waals surface area contributed by atoms with Crippen LogP contribution in [0.15, 0.2) is 84.0 Å². The van der Waals surface area contributed by atoms with Gasteiger partial charge >= 0.3 is 0 Å². The summed E-state index contributed by atoms with van der Waals surface area (Å²) in [7, 11) is -3.68. The van der Waals surface area contributed by atoms with Gasteiger partial charge in [0.1, 0.15) is 12.4 Å². The molecule has 0 spiro atoms. The zero-order valence-corrected chi connectivity index (χ0v) is 18.6. The van der Waals surface area contributed by atoms with Gasteiger partial charge in [-0.25, -0.2) is 13.1 Å². The van der Waals surface area contributed by atoms with Gasteiger partial charge in [-0.05, 0) is 48.0 Å². The van der Waals surface area contributed by atoms with Gasteiger partial charge in [-0.3, -0.25) is 9.78 Å². The molecule has 2 aromatic carbocycles. The number of pyridine rings is 1. The van der Waals surface area contributed by atoms with Crippen LogP contribution in [-0.2, 0) is 21.4 Å². The number of hydrogen-bond donors (Lipinski definition) is 2. The minimum absolute atomic E-state index is 0.0530. The minimum Gasteiger partial charge on any atom is -0.489 e. The Bertz CT molecular complexity index is 1170. The molecule has 2 N–H and O–H groups in total. The van der Waals surface area contributed by atoms with E-state index in [9.17, 15) is 13.2 Å². The highest BCUT2D eigenvalue weighted by Crippen LogP contribution is 2.16. The maximum atomic E-state index is 12.2. The normalized spacial score (nSPS) is 11.4. The SMILES string of the molecule is O=C(/C=C/c1ccc(OCc2cccnc2)cc1)NCCNS(=O)(=O)c1cccc(Cl)c1. The average Bonchev–Trinajstić information content (AvgIpc) is 2.80. The highest BCUT2D eigenvalue weighted by molar-refractivity contribution is 7.89. The summed E-state index contributed by atoms with van der Waals surface area (Å²) >= 11 is 5.82. The number of carbonyl (C=O) groups excluding carboxylic acids is 1. The number of sulfonamides is 1. The molecule has 3 rings (SSSR count). The molecule has 0 radical (unpaired) electrons. The number of amides is 1. The van der Waals surface area contributed by atoms with Crippen LogP contribution in [0.25, 0.3) is 6.08 Å². The summed E-state index contributed by atoms with van der Waals surface area (Å²) < 4.78 is 32.5. The average molecular weight is 472 g/mol. The largest absolute Gasteiger partial charge is 0.489 e. The Hall–Kier alpha value is -3.20. The highest BCUT2D eigenvalue weighted by atomic mass is 35.5. The van der Waals surface area contributed by atoms with E-state index in [0.29, 0.717) is 17.4 Å². The zero-order valence-electron chi connectivity index (χ0n) is 17.1. The van der Waals surface area contributed by atoms with Crippen LogP contribution >= 0.6 is 11.6 Å². The van der Waals surface area contributed by atoms with Gasteiger partial charge in [-0.1, -0.05) is 35.9 Å². The number of nitrogens with one attached hydrogen (secondary N) is 2. The summed E-state index contributed by atoms with van der Waals surface area (Å²) in [4.78, 5) is 16.1. The molecule has 9 heteroatoms. The fourth-order valence-corrected chi connectivity index (χ4v) is 3.98. The molecule has 0 aliphatic carbocycles. The van der Waals surface area contributed by atoms with Gasteiger partial charge in [0, 0.05) is 42.1 Å². The molecule has 0 unspecified atom stereocenters. The van der Waals surface area contributed by atoms with Crippen molar-refractivity contribution < 1.29 is 17.9 Å². The summed E-state index contributed by atoms with van der Waals surface area (Å²) in [5, 5.41) is 2.96. The van der Waals surface area contributed by atoms with E-state index >= 15 is 0 Å². The van der Waals surface area contributed by atoms with Crippen molar-refractivity contribution >= 4 is 33.6 Å². The summed E-state index contributed by atoms with van der Waals surface area (Å²) in [5.41, 5.74) is 1.80. The Morgan fingerprint density at radius 2 is 1.88 bits per heavy atom. The van der Waals surface area contributed by atoms with Crippen LogP contribution < -0.4 is 14.8 Å². The second-order valence-corrected chi connectivity index (χ2v) is 8.90. The third-order valence-corrected chi connectivity index (χ3v) is 5.95. The van der Waals surface area contributed by atoms with Gasteiger partial charge in [0.05, 0.1) is 4.90 Å². The van der Waals surface area contributed by atoms with Crippen LogP contribution in [0.4, 0.5) is 0 Å². The van der Waals surface area contributed by atoms with Crippen LogP contribution in [-0.4, -0.2) is 32.4 Å². The molecule has 166 valence electrons. The lowest BCUT2D eigenvalue weighted by atomic mass is 10.2. The number of hydrogen-bond acceptors (Lipinski definition) is 5. The lowest BCUT2D eigenvalue weighted by Gasteiger charge is -2.07. The lowest BCUT2D eigenvalue weighted by Crippen LogP contribution is -2.34. The smallest absolute Gasteiger partial charge is 0.244 e. The van der Waals surface area contributed by atoms with Crippen molar-refractivity contribution in [2.75, 3.05) is 13.1 Å². The van der Waals surface area contributed by atoms with Gasteiger partial charge in [-0.15, -0.1) is 0 Å². The predicted molar refractivity (Wildman–Crippen MR) is 124 cm³/mol.